The summed E-state index contributed by atoms with van der Waals surface area (Å²) in [4.78, 5) is 2.56. The lowest BCUT2D eigenvalue weighted by Crippen LogP contribution is -2.11. The van der Waals surface area contributed by atoms with Crippen LogP contribution in [0.3, 0.4) is 0 Å². The van der Waals surface area contributed by atoms with Gasteiger partial charge in [0, 0.05) is 12.5 Å². The zero-order valence-electron chi connectivity index (χ0n) is 15.8. The topological polar surface area (TPSA) is 37.4 Å². The number of hydrogen-bond donors (Lipinski definition) is 0. The first kappa shape index (κ1) is 18.9. The molecule has 0 bridgehead atoms. The van der Waals surface area contributed by atoms with Gasteiger partial charge in [-0.1, -0.05) is 49.4 Å². The third kappa shape index (κ3) is 3.92. The van der Waals surface area contributed by atoms with E-state index in [1.54, 1.807) is 13.0 Å². The standard InChI is InChI=1S/C22H27NO2S/c1-4-26(24,25)19-14-13-18-12-11-17-8-5-6-9-20(17)21(22(18)16-19)10-7-15-23(2)3/h5-10,13-14,16,21H,4,11-12,15H2,1-3H3/b10-7-. The molecule has 0 N–H and O–H groups in total. The molecule has 1 atom stereocenters. The molecule has 0 fully saturated rings. The van der Waals surface area contributed by atoms with Gasteiger partial charge in [0.15, 0.2) is 9.84 Å². The normalized spacial score (nSPS) is 17.2. The summed E-state index contributed by atoms with van der Waals surface area (Å²) in [5.74, 6) is 0.222. The molecule has 0 radical (unpaired) electrons. The molecule has 1 aliphatic carbocycles. The first-order valence-electron chi connectivity index (χ1n) is 9.17. The van der Waals surface area contributed by atoms with Gasteiger partial charge in [0.05, 0.1) is 10.6 Å². The molecule has 138 valence electrons. The Labute approximate surface area is 157 Å². The van der Waals surface area contributed by atoms with E-state index < -0.39 is 9.84 Å². The molecular formula is C22H27NO2S. The molecule has 2 aromatic carbocycles. The third-order valence-corrected chi connectivity index (χ3v) is 6.78. The molecule has 3 nitrogen and oxygen atoms in total. The summed E-state index contributed by atoms with van der Waals surface area (Å²) in [7, 11) is 0.883. The maximum atomic E-state index is 12.4. The van der Waals surface area contributed by atoms with Crippen molar-refractivity contribution < 1.29 is 8.42 Å². The molecule has 0 saturated heterocycles. The number of nitrogens with zero attached hydrogens (tertiary/aromatic N) is 1. The smallest absolute Gasteiger partial charge is 0.178 e. The first-order valence-corrected chi connectivity index (χ1v) is 10.8. The minimum atomic E-state index is -3.21. The zero-order chi connectivity index (χ0) is 18.7. The molecule has 4 heteroatoms. The van der Waals surface area contributed by atoms with Gasteiger partial charge in [0.1, 0.15) is 0 Å². The number of fused-ring (bicyclic) bond motifs is 2. The minimum Gasteiger partial charge on any atom is -0.306 e. The Bertz CT molecular complexity index is 913. The molecule has 1 unspecified atom stereocenters. The highest BCUT2D eigenvalue weighted by Gasteiger charge is 2.23. The van der Waals surface area contributed by atoms with E-state index in [0.717, 1.165) is 24.9 Å². The molecule has 0 saturated carbocycles. The van der Waals surface area contributed by atoms with Crippen molar-refractivity contribution in [3.63, 3.8) is 0 Å². The first-order chi connectivity index (χ1) is 12.4. The Morgan fingerprint density at radius 3 is 2.42 bits per heavy atom. The van der Waals surface area contributed by atoms with Gasteiger partial charge in [-0.15, -0.1) is 0 Å². The van der Waals surface area contributed by atoms with Gasteiger partial charge in [-0.3, -0.25) is 0 Å². The van der Waals surface area contributed by atoms with Crippen molar-refractivity contribution in [1.29, 1.82) is 0 Å². The predicted molar refractivity (Wildman–Crippen MR) is 108 cm³/mol. The maximum absolute atomic E-state index is 12.4. The molecule has 0 heterocycles. The second-order valence-electron chi connectivity index (χ2n) is 7.13. The molecular weight excluding hydrogens is 342 g/mol. The van der Waals surface area contributed by atoms with Gasteiger partial charge in [-0.2, -0.15) is 0 Å². The summed E-state index contributed by atoms with van der Waals surface area (Å²) in [6.45, 7) is 2.56. The van der Waals surface area contributed by atoms with Crippen LogP contribution >= 0.6 is 0 Å². The minimum absolute atomic E-state index is 0.0932. The van der Waals surface area contributed by atoms with Crippen LogP contribution in [0, 0.1) is 0 Å². The highest BCUT2D eigenvalue weighted by atomic mass is 32.2. The van der Waals surface area contributed by atoms with Crippen LogP contribution in [0.15, 0.2) is 59.5 Å². The van der Waals surface area contributed by atoms with E-state index in [1.807, 2.05) is 26.2 Å². The lowest BCUT2D eigenvalue weighted by atomic mass is 9.88. The van der Waals surface area contributed by atoms with Crippen LogP contribution in [0.1, 0.15) is 35.1 Å². The fraction of sp³-hybridized carbons (Fsp3) is 0.364. The monoisotopic (exact) mass is 369 g/mol. The SMILES string of the molecule is CCS(=O)(=O)c1ccc2c(c1)C(/C=C\CN(C)C)c1ccccc1CC2. The van der Waals surface area contributed by atoms with Gasteiger partial charge in [-0.25, -0.2) is 8.42 Å². The van der Waals surface area contributed by atoms with Crippen molar-refractivity contribution in [2.75, 3.05) is 26.4 Å². The second kappa shape index (κ2) is 7.77. The van der Waals surface area contributed by atoms with E-state index in [1.165, 1.54) is 16.7 Å². The Morgan fingerprint density at radius 2 is 1.73 bits per heavy atom. The van der Waals surface area contributed by atoms with Crippen molar-refractivity contribution >= 4 is 9.84 Å². The van der Waals surface area contributed by atoms with Crippen molar-refractivity contribution in [3.8, 4) is 0 Å². The highest BCUT2D eigenvalue weighted by Crippen LogP contribution is 2.36. The van der Waals surface area contributed by atoms with E-state index in [2.05, 4.69) is 41.3 Å². The average molecular weight is 370 g/mol. The largest absolute Gasteiger partial charge is 0.306 e. The number of allylic oxidation sites excluding steroid dienone is 1. The fourth-order valence-corrected chi connectivity index (χ4v) is 4.48. The summed E-state index contributed by atoms with van der Waals surface area (Å²) in [6, 6.07) is 14.2. The van der Waals surface area contributed by atoms with E-state index in [9.17, 15) is 8.42 Å². The zero-order valence-corrected chi connectivity index (χ0v) is 16.6. The van der Waals surface area contributed by atoms with Crippen molar-refractivity contribution in [2.45, 2.75) is 30.6 Å². The lowest BCUT2D eigenvalue weighted by Gasteiger charge is -2.18. The Morgan fingerprint density at radius 1 is 1.04 bits per heavy atom. The molecule has 0 aromatic heterocycles. The van der Waals surface area contributed by atoms with E-state index >= 15 is 0 Å². The lowest BCUT2D eigenvalue weighted by molar-refractivity contribution is 0.456. The van der Waals surface area contributed by atoms with Crippen LogP contribution in [-0.4, -0.2) is 39.7 Å². The number of benzene rings is 2. The van der Waals surface area contributed by atoms with Crippen LogP contribution in [-0.2, 0) is 22.7 Å². The van der Waals surface area contributed by atoms with Gasteiger partial charge in [0.2, 0.25) is 0 Å². The summed E-state index contributed by atoms with van der Waals surface area (Å²) in [6.07, 6.45) is 6.33. The van der Waals surface area contributed by atoms with E-state index in [-0.39, 0.29) is 11.7 Å². The predicted octanol–water partition coefficient (Wildman–Crippen LogP) is 3.83. The quantitative estimate of drug-likeness (QED) is 0.752. The second-order valence-corrected chi connectivity index (χ2v) is 9.41. The Kier molecular flexibility index (Phi) is 5.64. The Balaban J connectivity index is 2.14. The van der Waals surface area contributed by atoms with Crippen LogP contribution in [0.4, 0.5) is 0 Å². The molecule has 0 amide bonds. The van der Waals surface area contributed by atoms with Crippen LogP contribution in [0.2, 0.25) is 0 Å². The highest BCUT2D eigenvalue weighted by molar-refractivity contribution is 7.91. The third-order valence-electron chi connectivity index (χ3n) is 5.04. The summed E-state index contributed by atoms with van der Waals surface area (Å²) in [5.41, 5.74) is 5.01. The van der Waals surface area contributed by atoms with Crippen LogP contribution < -0.4 is 0 Å². The van der Waals surface area contributed by atoms with Crippen LogP contribution in [0.5, 0.6) is 0 Å². The van der Waals surface area contributed by atoms with Gasteiger partial charge in [0.25, 0.3) is 0 Å². The number of likely N-dealkylation sites (N-methyl/N-ethyl adjacent to an activating group) is 1. The molecule has 3 rings (SSSR count). The molecule has 0 spiro atoms. The van der Waals surface area contributed by atoms with Crippen molar-refractivity contribution in [2.24, 2.45) is 0 Å². The number of hydrogen-bond acceptors (Lipinski definition) is 3. The molecule has 2 aromatic rings. The average Bonchev–Trinajstić information content (AvgIpc) is 2.78. The van der Waals surface area contributed by atoms with Crippen LogP contribution in [0.25, 0.3) is 0 Å². The number of aryl methyl sites for hydroxylation is 2. The van der Waals surface area contributed by atoms with Gasteiger partial charge >= 0.3 is 0 Å². The molecule has 1 aliphatic rings. The van der Waals surface area contributed by atoms with E-state index in [4.69, 9.17) is 0 Å². The maximum Gasteiger partial charge on any atom is 0.178 e. The van der Waals surface area contributed by atoms with E-state index in [0.29, 0.717) is 4.90 Å². The van der Waals surface area contributed by atoms with Gasteiger partial charge < -0.3 is 4.90 Å². The van der Waals surface area contributed by atoms with Crippen molar-refractivity contribution in [1.82, 2.24) is 4.90 Å². The summed E-state index contributed by atoms with van der Waals surface area (Å²) in [5, 5.41) is 0. The molecule has 0 aliphatic heterocycles. The fourth-order valence-electron chi connectivity index (χ4n) is 3.57. The summed E-state index contributed by atoms with van der Waals surface area (Å²) < 4.78 is 24.8. The summed E-state index contributed by atoms with van der Waals surface area (Å²) >= 11 is 0. The Hall–Kier alpha value is -1.91. The number of rotatable bonds is 5. The van der Waals surface area contributed by atoms with Crippen molar-refractivity contribution in [3.05, 3.63) is 76.9 Å². The molecule has 26 heavy (non-hydrogen) atoms. The number of sulfone groups is 1. The van der Waals surface area contributed by atoms with Gasteiger partial charge in [-0.05, 0) is 61.3 Å².